The van der Waals surface area contributed by atoms with Gasteiger partial charge in [-0.25, -0.2) is 9.97 Å². The van der Waals surface area contributed by atoms with Crippen molar-refractivity contribution in [2.45, 2.75) is 6.92 Å². The van der Waals surface area contributed by atoms with Crippen LogP contribution in [0.3, 0.4) is 0 Å². The fourth-order valence-electron chi connectivity index (χ4n) is 1.93. The fourth-order valence-corrected chi connectivity index (χ4v) is 1.93. The number of nitrogens with one attached hydrogen (secondary N) is 1. The third-order valence-electron chi connectivity index (χ3n) is 2.76. The standard InChI is InChI=1S/C13H13N5/c1-9-7-12(17-13(14-2)16-9)18-8-15-10-5-3-4-6-11(10)18/h3-8H,1-2H3,(H,14,16,17). The van der Waals surface area contributed by atoms with Gasteiger partial charge in [-0.15, -0.1) is 0 Å². The van der Waals surface area contributed by atoms with Gasteiger partial charge in [0.05, 0.1) is 11.0 Å². The van der Waals surface area contributed by atoms with Crippen molar-refractivity contribution >= 4 is 17.0 Å². The van der Waals surface area contributed by atoms with Gasteiger partial charge in [-0.05, 0) is 19.1 Å². The van der Waals surface area contributed by atoms with Crippen molar-refractivity contribution in [1.29, 1.82) is 0 Å². The molecule has 0 aliphatic carbocycles. The van der Waals surface area contributed by atoms with E-state index in [1.165, 1.54) is 0 Å². The fraction of sp³-hybridized carbons (Fsp3) is 0.154. The second kappa shape index (κ2) is 4.10. The monoisotopic (exact) mass is 239 g/mol. The van der Waals surface area contributed by atoms with E-state index in [0.717, 1.165) is 22.5 Å². The van der Waals surface area contributed by atoms with E-state index in [4.69, 9.17) is 0 Å². The van der Waals surface area contributed by atoms with Crippen LogP contribution in [0.15, 0.2) is 36.7 Å². The minimum Gasteiger partial charge on any atom is -0.357 e. The van der Waals surface area contributed by atoms with E-state index in [0.29, 0.717) is 5.95 Å². The molecule has 90 valence electrons. The quantitative estimate of drug-likeness (QED) is 0.744. The zero-order chi connectivity index (χ0) is 12.5. The van der Waals surface area contributed by atoms with Crippen molar-refractivity contribution in [1.82, 2.24) is 19.5 Å². The lowest BCUT2D eigenvalue weighted by Gasteiger charge is -2.06. The Morgan fingerprint density at radius 1 is 1.17 bits per heavy atom. The molecule has 18 heavy (non-hydrogen) atoms. The molecule has 0 spiro atoms. The van der Waals surface area contributed by atoms with E-state index in [1.54, 1.807) is 6.33 Å². The van der Waals surface area contributed by atoms with Crippen LogP contribution in [0.25, 0.3) is 16.9 Å². The van der Waals surface area contributed by atoms with Crippen molar-refractivity contribution < 1.29 is 0 Å². The number of rotatable bonds is 2. The molecule has 0 radical (unpaired) electrons. The van der Waals surface area contributed by atoms with Crippen LogP contribution in [-0.2, 0) is 0 Å². The van der Waals surface area contributed by atoms with Gasteiger partial charge in [0.2, 0.25) is 5.95 Å². The van der Waals surface area contributed by atoms with Gasteiger partial charge in [0.1, 0.15) is 12.1 Å². The summed E-state index contributed by atoms with van der Waals surface area (Å²) in [5, 5.41) is 2.96. The molecule has 2 aromatic heterocycles. The lowest BCUT2D eigenvalue weighted by Crippen LogP contribution is -2.03. The molecule has 0 aliphatic heterocycles. The Morgan fingerprint density at radius 2 is 2.00 bits per heavy atom. The van der Waals surface area contributed by atoms with Crippen molar-refractivity contribution in [3.8, 4) is 5.82 Å². The van der Waals surface area contributed by atoms with E-state index in [1.807, 2.05) is 48.9 Å². The Hall–Kier alpha value is -2.43. The molecule has 0 atom stereocenters. The van der Waals surface area contributed by atoms with Crippen LogP contribution in [0.4, 0.5) is 5.95 Å². The van der Waals surface area contributed by atoms with E-state index in [2.05, 4.69) is 20.3 Å². The highest BCUT2D eigenvalue weighted by Gasteiger charge is 2.07. The number of aryl methyl sites for hydroxylation is 1. The molecule has 0 saturated heterocycles. The lowest BCUT2D eigenvalue weighted by molar-refractivity contribution is 0.979. The Labute approximate surface area is 105 Å². The molecule has 0 amide bonds. The predicted molar refractivity (Wildman–Crippen MR) is 70.9 cm³/mol. The van der Waals surface area contributed by atoms with Crippen molar-refractivity contribution in [3.63, 3.8) is 0 Å². The second-order valence-corrected chi connectivity index (χ2v) is 4.04. The third kappa shape index (κ3) is 1.69. The van der Waals surface area contributed by atoms with Crippen molar-refractivity contribution in [2.75, 3.05) is 12.4 Å². The van der Waals surface area contributed by atoms with Gasteiger partial charge in [0.25, 0.3) is 0 Å². The summed E-state index contributed by atoms with van der Waals surface area (Å²) < 4.78 is 1.96. The van der Waals surface area contributed by atoms with E-state index < -0.39 is 0 Å². The summed E-state index contributed by atoms with van der Waals surface area (Å²) in [7, 11) is 1.81. The SMILES string of the molecule is CNc1nc(C)cc(-n2cnc3ccccc32)n1. The summed E-state index contributed by atoms with van der Waals surface area (Å²) in [4.78, 5) is 13.1. The topological polar surface area (TPSA) is 55.6 Å². The molecule has 0 unspecified atom stereocenters. The van der Waals surface area contributed by atoms with Gasteiger partial charge < -0.3 is 5.32 Å². The summed E-state index contributed by atoms with van der Waals surface area (Å²) in [6.45, 7) is 1.95. The first-order chi connectivity index (χ1) is 8.78. The van der Waals surface area contributed by atoms with Crippen LogP contribution >= 0.6 is 0 Å². The smallest absolute Gasteiger partial charge is 0.224 e. The van der Waals surface area contributed by atoms with E-state index in [-0.39, 0.29) is 0 Å². The first kappa shape index (κ1) is 10.7. The Morgan fingerprint density at radius 3 is 2.83 bits per heavy atom. The average Bonchev–Trinajstić information content (AvgIpc) is 2.81. The Bertz CT molecular complexity index is 701. The zero-order valence-corrected chi connectivity index (χ0v) is 10.3. The number of benzene rings is 1. The first-order valence-electron chi connectivity index (χ1n) is 5.74. The molecule has 3 rings (SSSR count). The Balaban J connectivity index is 2.22. The molecule has 3 aromatic rings. The van der Waals surface area contributed by atoms with Gasteiger partial charge in [-0.2, -0.15) is 4.98 Å². The normalized spacial score (nSPS) is 10.8. The summed E-state index contributed by atoms with van der Waals surface area (Å²) in [6, 6.07) is 9.92. The van der Waals surface area contributed by atoms with Gasteiger partial charge in [-0.1, -0.05) is 12.1 Å². The second-order valence-electron chi connectivity index (χ2n) is 4.04. The maximum absolute atomic E-state index is 4.45. The van der Waals surface area contributed by atoms with Crippen LogP contribution in [0.1, 0.15) is 5.69 Å². The van der Waals surface area contributed by atoms with Crippen LogP contribution in [0, 0.1) is 6.92 Å². The highest BCUT2D eigenvalue weighted by atomic mass is 15.2. The molecule has 5 heteroatoms. The zero-order valence-electron chi connectivity index (χ0n) is 10.3. The summed E-state index contributed by atoms with van der Waals surface area (Å²) >= 11 is 0. The van der Waals surface area contributed by atoms with E-state index in [9.17, 15) is 0 Å². The molecule has 1 aromatic carbocycles. The highest BCUT2D eigenvalue weighted by Crippen LogP contribution is 2.17. The van der Waals surface area contributed by atoms with Gasteiger partial charge in [0, 0.05) is 18.8 Å². The maximum Gasteiger partial charge on any atom is 0.224 e. The molecule has 0 aliphatic rings. The number of hydrogen-bond acceptors (Lipinski definition) is 4. The Kier molecular flexibility index (Phi) is 2.44. The highest BCUT2D eigenvalue weighted by molar-refractivity contribution is 5.76. The molecule has 0 bridgehead atoms. The minimum atomic E-state index is 0.614. The molecular formula is C13H13N5. The third-order valence-corrected chi connectivity index (χ3v) is 2.76. The average molecular weight is 239 g/mol. The van der Waals surface area contributed by atoms with Crippen LogP contribution in [0.5, 0.6) is 0 Å². The molecule has 1 N–H and O–H groups in total. The number of para-hydroxylation sites is 2. The summed E-state index contributed by atoms with van der Waals surface area (Å²) in [5.41, 5.74) is 2.92. The van der Waals surface area contributed by atoms with Crippen LogP contribution in [-0.4, -0.2) is 26.6 Å². The largest absolute Gasteiger partial charge is 0.357 e. The number of aromatic nitrogens is 4. The summed E-state index contributed by atoms with van der Waals surface area (Å²) in [6.07, 6.45) is 1.78. The molecule has 0 saturated carbocycles. The lowest BCUT2D eigenvalue weighted by atomic mass is 10.3. The number of nitrogens with zero attached hydrogens (tertiary/aromatic N) is 4. The number of fused-ring (bicyclic) bond motifs is 1. The molecule has 2 heterocycles. The van der Waals surface area contributed by atoms with Crippen LogP contribution in [0.2, 0.25) is 0 Å². The van der Waals surface area contributed by atoms with Crippen LogP contribution < -0.4 is 5.32 Å². The molecule has 0 fully saturated rings. The first-order valence-corrected chi connectivity index (χ1v) is 5.74. The minimum absolute atomic E-state index is 0.614. The van der Waals surface area contributed by atoms with Gasteiger partial charge >= 0.3 is 0 Å². The number of hydrogen-bond donors (Lipinski definition) is 1. The van der Waals surface area contributed by atoms with Crippen molar-refractivity contribution in [2.24, 2.45) is 0 Å². The van der Waals surface area contributed by atoms with Gasteiger partial charge in [0.15, 0.2) is 0 Å². The van der Waals surface area contributed by atoms with Crippen molar-refractivity contribution in [3.05, 3.63) is 42.4 Å². The number of imidazole rings is 1. The maximum atomic E-state index is 4.45. The predicted octanol–water partition coefficient (Wildman–Crippen LogP) is 2.17. The summed E-state index contributed by atoms with van der Waals surface area (Å²) in [5.74, 6) is 1.43. The molecule has 5 nitrogen and oxygen atoms in total. The van der Waals surface area contributed by atoms with Gasteiger partial charge in [-0.3, -0.25) is 4.57 Å². The number of anilines is 1. The van der Waals surface area contributed by atoms with E-state index >= 15 is 0 Å². The molecular weight excluding hydrogens is 226 g/mol.